The third-order valence-electron chi connectivity index (χ3n) is 4.04. The zero-order chi connectivity index (χ0) is 19.9. The number of carbonyl (C=O) groups is 2. The molecule has 1 atom stereocenters. The first kappa shape index (κ1) is 20.6. The molecule has 27 heavy (non-hydrogen) atoms. The Morgan fingerprint density at radius 2 is 1.59 bits per heavy atom. The van der Waals surface area contributed by atoms with Crippen LogP contribution in [0.2, 0.25) is 0 Å². The monoisotopic (exact) mass is 390 g/mol. The minimum absolute atomic E-state index is 0.0811. The van der Waals surface area contributed by atoms with Gasteiger partial charge in [0.25, 0.3) is 0 Å². The van der Waals surface area contributed by atoms with Crippen LogP contribution in [0.3, 0.4) is 0 Å². The lowest BCUT2D eigenvalue weighted by Gasteiger charge is -2.18. The van der Waals surface area contributed by atoms with Gasteiger partial charge < -0.3 is 10.4 Å². The number of likely N-dealkylation sites (N-methyl/N-ethyl adjacent to an activating group) is 1. The molecule has 2 rings (SSSR count). The molecule has 0 spiro atoms. The number of benzene rings is 2. The average molecular weight is 390 g/mol. The number of nitrogens with one attached hydrogen (secondary N) is 1. The van der Waals surface area contributed by atoms with Gasteiger partial charge in [-0.25, -0.2) is 8.42 Å². The highest BCUT2D eigenvalue weighted by molar-refractivity contribution is 7.89. The summed E-state index contributed by atoms with van der Waals surface area (Å²) in [4.78, 5) is 23.6. The van der Waals surface area contributed by atoms with Crippen LogP contribution < -0.4 is 5.32 Å². The molecule has 0 radical (unpaired) electrons. The van der Waals surface area contributed by atoms with Crippen molar-refractivity contribution in [1.82, 2.24) is 9.62 Å². The number of carboxylic acid groups (broad SMARTS) is 1. The molecule has 2 aromatic rings. The van der Waals surface area contributed by atoms with Crippen LogP contribution in [0, 0.1) is 5.92 Å². The number of rotatable bonds is 9. The normalized spacial score (nSPS) is 12.5. The SMILES string of the molecule is CN(CC(=O)NCC(Cc1ccccc1)C(=O)O)S(=O)(=O)c1ccccc1. The Balaban J connectivity index is 1.93. The molecule has 0 aliphatic heterocycles. The lowest BCUT2D eigenvalue weighted by molar-refractivity contribution is -0.141. The van der Waals surface area contributed by atoms with Crippen molar-refractivity contribution in [2.45, 2.75) is 11.3 Å². The van der Waals surface area contributed by atoms with Crippen LogP contribution in [0.15, 0.2) is 65.6 Å². The second-order valence-corrected chi connectivity index (χ2v) is 8.15. The van der Waals surface area contributed by atoms with E-state index in [0.717, 1.165) is 9.87 Å². The second kappa shape index (κ2) is 9.29. The van der Waals surface area contributed by atoms with E-state index in [1.54, 1.807) is 18.2 Å². The topological polar surface area (TPSA) is 104 Å². The molecule has 144 valence electrons. The lowest BCUT2D eigenvalue weighted by atomic mass is 9.99. The fraction of sp³-hybridized carbons (Fsp3) is 0.263. The first-order chi connectivity index (χ1) is 12.8. The minimum Gasteiger partial charge on any atom is -0.481 e. The van der Waals surface area contributed by atoms with Gasteiger partial charge in [-0.05, 0) is 24.1 Å². The Hall–Kier alpha value is -2.71. The van der Waals surface area contributed by atoms with Gasteiger partial charge in [0.1, 0.15) is 0 Å². The summed E-state index contributed by atoms with van der Waals surface area (Å²) in [6.07, 6.45) is 0.272. The third-order valence-corrected chi connectivity index (χ3v) is 5.86. The Bertz CT molecular complexity index is 869. The first-order valence-electron chi connectivity index (χ1n) is 8.35. The number of sulfonamides is 1. The van der Waals surface area contributed by atoms with Gasteiger partial charge in [-0.3, -0.25) is 9.59 Å². The molecule has 0 fully saturated rings. The molecule has 0 aliphatic rings. The highest BCUT2D eigenvalue weighted by atomic mass is 32.2. The molecule has 2 N–H and O–H groups in total. The summed E-state index contributed by atoms with van der Waals surface area (Å²) in [5.41, 5.74) is 0.850. The van der Waals surface area contributed by atoms with Gasteiger partial charge in [-0.2, -0.15) is 4.31 Å². The Morgan fingerprint density at radius 3 is 2.15 bits per heavy atom. The van der Waals surface area contributed by atoms with Gasteiger partial charge in [0.2, 0.25) is 15.9 Å². The second-order valence-electron chi connectivity index (χ2n) is 6.10. The van der Waals surface area contributed by atoms with Crippen LogP contribution >= 0.6 is 0 Å². The number of nitrogens with zero attached hydrogens (tertiary/aromatic N) is 1. The summed E-state index contributed by atoms with van der Waals surface area (Å²) in [6.45, 7) is -0.475. The van der Waals surface area contributed by atoms with E-state index in [1.807, 2.05) is 30.3 Å². The fourth-order valence-corrected chi connectivity index (χ4v) is 3.65. The predicted octanol–water partition coefficient (Wildman–Crippen LogP) is 1.37. The molecule has 1 amide bonds. The molecule has 2 aromatic carbocycles. The Kier molecular flexibility index (Phi) is 7.09. The summed E-state index contributed by atoms with van der Waals surface area (Å²) in [5.74, 6) is -2.38. The zero-order valence-electron chi connectivity index (χ0n) is 14.9. The van der Waals surface area contributed by atoms with Gasteiger partial charge >= 0.3 is 5.97 Å². The number of hydrogen-bond donors (Lipinski definition) is 2. The van der Waals surface area contributed by atoms with Gasteiger partial charge in [-0.1, -0.05) is 48.5 Å². The molecule has 0 aliphatic carbocycles. The maximum atomic E-state index is 12.4. The molecule has 1 unspecified atom stereocenters. The van der Waals surface area contributed by atoms with E-state index in [1.165, 1.54) is 19.2 Å². The van der Waals surface area contributed by atoms with E-state index in [-0.39, 0.29) is 17.9 Å². The minimum atomic E-state index is -3.78. The highest BCUT2D eigenvalue weighted by Crippen LogP contribution is 2.13. The molecular weight excluding hydrogens is 368 g/mol. The summed E-state index contributed by atoms with van der Waals surface area (Å²) in [5, 5.41) is 11.9. The Morgan fingerprint density at radius 1 is 1.04 bits per heavy atom. The average Bonchev–Trinajstić information content (AvgIpc) is 2.66. The van der Waals surface area contributed by atoms with Crippen molar-refractivity contribution in [1.29, 1.82) is 0 Å². The number of carboxylic acids is 1. The maximum Gasteiger partial charge on any atom is 0.308 e. The first-order valence-corrected chi connectivity index (χ1v) is 9.79. The number of hydrogen-bond acceptors (Lipinski definition) is 4. The molecule has 8 heteroatoms. The van der Waals surface area contributed by atoms with Gasteiger partial charge in [0, 0.05) is 13.6 Å². The Labute approximate surface area is 158 Å². The summed E-state index contributed by atoms with van der Waals surface area (Å²) in [6, 6.07) is 16.9. The van der Waals surface area contributed by atoms with Crippen LogP contribution in [0.1, 0.15) is 5.56 Å². The summed E-state index contributed by atoms with van der Waals surface area (Å²) >= 11 is 0. The van der Waals surface area contributed by atoms with E-state index >= 15 is 0 Å². The molecular formula is C19H22N2O5S. The van der Waals surface area contributed by atoms with Crippen molar-refractivity contribution in [3.63, 3.8) is 0 Å². The van der Waals surface area contributed by atoms with E-state index in [2.05, 4.69) is 5.32 Å². The molecule has 0 aromatic heterocycles. The van der Waals surface area contributed by atoms with Crippen LogP contribution in [0.5, 0.6) is 0 Å². The van der Waals surface area contributed by atoms with Crippen molar-refractivity contribution >= 4 is 21.9 Å². The number of amides is 1. The third kappa shape index (κ3) is 5.90. The van der Waals surface area contributed by atoms with Crippen molar-refractivity contribution in [3.05, 3.63) is 66.2 Å². The standard InChI is InChI=1S/C19H22N2O5S/c1-21(27(25,26)17-10-6-3-7-11-17)14-18(22)20-13-16(19(23)24)12-15-8-4-2-5-9-15/h2-11,16H,12-14H2,1H3,(H,20,22)(H,23,24). The van der Waals surface area contributed by atoms with Crippen molar-refractivity contribution in [2.24, 2.45) is 5.92 Å². The maximum absolute atomic E-state index is 12.4. The molecule has 7 nitrogen and oxygen atoms in total. The molecule has 0 heterocycles. The van der Waals surface area contributed by atoms with Crippen molar-refractivity contribution in [2.75, 3.05) is 20.1 Å². The van der Waals surface area contributed by atoms with Gasteiger partial charge in [-0.15, -0.1) is 0 Å². The predicted molar refractivity (Wildman–Crippen MR) is 101 cm³/mol. The largest absolute Gasteiger partial charge is 0.481 e. The van der Waals surface area contributed by atoms with Gasteiger partial charge in [0.15, 0.2) is 0 Å². The number of aliphatic carboxylic acids is 1. The summed E-state index contributed by atoms with van der Waals surface area (Å²) in [7, 11) is -2.48. The fourth-order valence-electron chi connectivity index (χ4n) is 2.50. The molecule has 0 saturated heterocycles. The molecule has 0 saturated carbocycles. The van der Waals surface area contributed by atoms with Crippen molar-refractivity contribution in [3.8, 4) is 0 Å². The van der Waals surface area contributed by atoms with Crippen LogP contribution in [-0.4, -0.2) is 49.8 Å². The van der Waals surface area contributed by atoms with Crippen LogP contribution in [0.4, 0.5) is 0 Å². The molecule has 0 bridgehead atoms. The zero-order valence-corrected chi connectivity index (χ0v) is 15.7. The van der Waals surface area contributed by atoms with E-state index < -0.39 is 34.4 Å². The van der Waals surface area contributed by atoms with E-state index in [9.17, 15) is 23.1 Å². The summed E-state index contributed by atoms with van der Waals surface area (Å²) < 4.78 is 25.7. The lowest BCUT2D eigenvalue weighted by Crippen LogP contribution is -2.41. The van der Waals surface area contributed by atoms with E-state index in [0.29, 0.717) is 0 Å². The number of carbonyl (C=O) groups excluding carboxylic acids is 1. The quantitative estimate of drug-likeness (QED) is 0.673. The smallest absolute Gasteiger partial charge is 0.308 e. The van der Waals surface area contributed by atoms with E-state index in [4.69, 9.17) is 0 Å². The van der Waals surface area contributed by atoms with Crippen LogP contribution in [-0.2, 0) is 26.0 Å². The van der Waals surface area contributed by atoms with Crippen LogP contribution in [0.25, 0.3) is 0 Å². The highest BCUT2D eigenvalue weighted by Gasteiger charge is 2.24. The van der Waals surface area contributed by atoms with Gasteiger partial charge in [0.05, 0.1) is 17.4 Å². The van der Waals surface area contributed by atoms with Crippen molar-refractivity contribution < 1.29 is 23.1 Å².